The highest BCUT2D eigenvalue weighted by molar-refractivity contribution is 5.18. The van der Waals surface area contributed by atoms with Crippen LogP contribution in [0, 0.1) is 0 Å². The summed E-state index contributed by atoms with van der Waals surface area (Å²) in [6.07, 6.45) is 4.10. The number of hydrogen-bond donors (Lipinski definition) is 2. The number of aliphatic hydroxyl groups is 1. The molecule has 1 aliphatic rings. The first-order valence-electron chi connectivity index (χ1n) is 6.25. The first-order chi connectivity index (χ1) is 7.75. The summed E-state index contributed by atoms with van der Waals surface area (Å²) in [7, 11) is 0. The minimum atomic E-state index is -0.103. The van der Waals surface area contributed by atoms with E-state index in [9.17, 15) is 5.11 Å². The predicted octanol–water partition coefficient (Wildman–Crippen LogP) is 2.64. The average molecular weight is 219 g/mol. The van der Waals surface area contributed by atoms with Crippen molar-refractivity contribution >= 4 is 0 Å². The van der Waals surface area contributed by atoms with Crippen molar-refractivity contribution in [2.24, 2.45) is 0 Å². The molecule has 0 unspecified atom stereocenters. The van der Waals surface area contributed by atoms with Gasteiger partial charge in [0.1, 0.15) is 0 Å². The molecule has 0 aromatic heterocycles. The minimum absolute atomic E-state index is 0.103. The summed E-state index contributed by atoms with van der Waals surface area (Å²) in [4.78, 5) is 0. The largest absolute Gasteiger partial charge is 0.393 e. The van der Waals surface area contributed by atoms with Crippen LogP contribution in [0.5, 0.6) is 0 Å². The van der Waals surface area contributed by atoms with Crippen LogP contribution < -0.4 is 5.32 Å². The van der Waals surface area contributed by atoms with Crippen LogP contribution in [0.4, 0.5) is 0 Å². The molecule has 3 atom stereocenters. The molecule has 2 rings (SSSR count). The standard InChI is InChI=1S/C14H21NO/c1-11(12-6-3-2-4-7-12)15-13-8-5-9-14(16)10-13/h2-4,6-7,11,13-16H,5,8-10H2,1H3/t11-,13+,14-/m0/s1. The Kier molecular flexibility index (Phi) is 3.97. The topological polar surface area (TPSA) is 32.3 Å². The fourth-order valence-corrected chi connectivity index (χ4v) is 2.51. The average Bonchev–Trinajstić information content (AvgIpc) is 2.30. The molecule has 0 saturated heterocycles. The highest BCUT2D eigenvalue weighted by atomic mass is 16.3. The molecular weight excluding hydrogens is 198 g/mol. The van der Waals surface area contributed by atoms with E-state index in [1.807, 2.05) is 6.07 Å². The smallest absolute Gasteiger partial charge is 0.0555 e. The Labute approximate surface area is 97.7 Å². The maximum absolute atomic E-state index is 9.62. The summed E-state index contributed by atoms with van der Waals surface area (Å²) in [5.74, 6) is 0. The van der Waals surface area contributed by atoms with Gasteiger partial charge in [0, 0.05) is 12.1 Å². The van der Waals surface area contributed by atoms with E-state index in [0.29, 0.717) is 12.1 Å². The van der Waals surface area contributed by atoms with E-state index in [0.717, 1.165) is 19.3 Å². The molecule has 0 bridgehead atoms. The number of hydrogen-bond acceptors (Lipinski definition) is 2. The van der Waals surface area contributed by atoms with E-state index < -0.39 is 0 Å². The van der Waals surface area contributed by atoms with E-state index in [1.165, 1.54) is 12.0 Å². The van der Waals surface area contributed by atoms with Crippen molar-refractivity contribution in [3.63, 3.8) is 0 Å². The molecule has 1 aliphatic carbocycles. The second kappa shape index (κ2) is 5.46. The van der Waals surface area contributed by atoms with Gasteiger partial charge >= 0.3 is 0 Å². The van der Waals surface area contributed by atoms with Crippen molar-refractivity contribution in [2.45, 2.75) is 50.8 Å². The van der Waals surface area contributed by atoms with Crippen molar-refractivity contribution in [3.05, 3.63) is 35.9 Å². The molecule has 0 spiro atoms. The van der Waals surface area contributed by atoms with Gasteiger partial charge in [-0.15, -0.1) is 0 Å². The number of nitrogens with one attached hydrogen (secondary N) is 1. The van der Waals surface area contributed by atoms with Crippen molar-refractivity contribution in [2.75, 3.05) is 0 Å². The van der Waals surface area contributed by atoms with Crippen molar-refractivity contribution < 1.29 is 5.11 Å². The second-order valence-corrected chi connectivity index (χ2v) is 4.82. The summed E-state index contributed by atoms with van der Waals surface area (Å²) >= 11 is 0. The number of rotatable bonds is 3. The van der Waals surface area contributed by atoms with Crippen molar-refractivity contribution in [3.8, 4) is 0 Å². The predicted molar refractivity (Wildman–Crippen MR) is 66.3 cm³/mol. The fraction of sp³-hybridized carbons (Fsp3) is 0.571. The van der Waals surface area contributed by atoms with Gasteiger partial charge in [-0.3, -0.25) is 0 Å². The van der Waals surface area contributed by atoms with Gasteiger partial charge in [0.25, 0.3) is 0 Å². The molecule has 2 nitrogen and oxygen atoms in total. The van der Waals surface area contributed by atoms with Crippen molar-refractivity contribution in [1.82, 2.24) is 5.32 Å². The van der Waals surface area contributed by atoms with E-state index in [-0.39, 0.29) is 6.10 Å². The maximum atomic E-state index is 9.62. The zero-order valence-electron chi connectivity index (χ0n) is 9.89. The Bertz CT molecular complexity index is 312. The highest BCUT2D eigenvalue weighted by Gasteiger charge is 2.21. The zero-order chi connectivity index (χ0) is 11.4. The van der Waals surface area contributed by atoms with Gasteiger partial charge in [0.15, 0.2) is 0 Å². The molecule has 0 heterocycles. The monoisotopic (exact) mass is 219 g/mol. The first-order valence-corrected chi connectivity index (χ1v) is 6.25. The van der Waals surface area contributed by atoms with Crippen LogP contribution >= 0.6 is 0 Å². The first kappa shape index (κ1) is 11.6. The summed E-state index contributed by atoms with van der Waals surface area (Å²) in [6, 6.07) is 11.3. The summed E-state index contributed by atoms with van der Waals surface area (Å²) in [5.41, 5.74) is 1.32. The summed E-state index contributed by atoms with van der Waals surface area (Å²) in [5, 5.41) is 13.2. The highest BCUT2D eigenvalue weighted by Crippen LogP contribution is 2.21. The molecule has 1 aromatic rings. The van der Waals surface area contributed by atoms with E-state index in [4.69, 9.17) is 0 Å². The Hall–Kier alpha value is -0.860. The van der Waals surface area contributed by atoms with Crippen LogP contribution in [-0.2, 0) is 0 Å². The molecule has 16 heavy (non-hydrogen) atoms. The third kappa shape index (κ3) is 3.06. The molecular formula is C14H21NO. The van der Waals surface area contributed by atoms with Gasteiger partial charge in [-0.05, 0) is 38.2 Å². The number of aliphatic hydroxyl groups excluding tert-OH is 1. The summed E-state index contributed by atoms with van der Waals surface area (Å²) in [6.45, 7) is 2.19. The van der Waals surface area contributed by atoms with Gasteiger partial charge in [0.05, 0.1) is 6.10 Å². The van der Waals surface area contributed by atoms with E-state index in [2.05, 4.69) is 36.5 Å². The summed E-state index contributed by atoms with van der Waals surface area (Å²) < 4.78 is 0. The maximum Gasteiger partial charge on any atom is 0.0555 e. The van der Waals surface area contributed by atoms with E-state index >= 15 is 0 Å². The van der Waals surface area contributed by atoms with Crippen LogP contribution in [-0.4, -0.2) is 17.3 Å². The third-order valence-electron chi connectivity index (χ3n) is 3.43. The Morgan fingerprint density at radius 3 is 2.69 bits per heavy atom. The molecule has 88 valence electrons. The molecule has 2 heteroatoms. The molecule has 1 fully saturated rings. The Morgan fingerprint density at radius 1 is 1.25 bits per heavy atom. The second-order valence-electron chi connectivity index (χ2n) is 4.82. The van der Waals surface area contributed by atoms with Crippen LogP contribution in [0.2, 0.25) is 0 Å². The Balaban J connectivity index is 1.89. The molecule has 0 radical (unpaired) electrons. The third-order valence-corrected chi connectivity index (χ3v) is 3.43. The molecule has 0 aliphatic heterocycles. The normalized spacial score (nSPS) is 27.6. The van der Waals surface area contributed by atoms with Gasteiger partial charge in [-0.25, -0.2) is 0 Å². The lowest BCUT2D eigenvalue weighted by atomic mass is 9.92. The minimum Gasteiger partial charge on any atom is -0.393 e. The van der Waals surface area contributed by atoms with Crippen LogP contribution in [0.25, 0.3) is 0 Å². The number of benzene rings is 1. The van der Waals surface area contributed by atoms with Gasteiger partial charge in [-0.1, -0.05) is 30.3 Å². The fourth-order valence-electron chi connectivity index (χ4n) is 2.51. The quantitative estimate of drug-likeness (QED) is 0.819. The molecule has 2 N–H and O–H groups in total. The molecule has 1 aromatic carbocycles. The van der Waals surface area contributed by atoms with Gasteiger partial charge < -0.3 is 10.4 Å². The zero-order valence-corrected chi connectivity index (χ0v) is 9.89. The SMILES string of the molecule is C[C@H](N[C@@H]1CCC[C@H](O)C1)c1ccccc1. The van der Waals surface area contributed by atoms with Crippen LogP contribution in [0.1, 0.15) is 44.2 Å². The van der Waals surface area contributed by atoms with Gasteiger partial charge in [-0.2, -0.15) is 0 Å². The lowest BCUT2D eigenvalue weighted by Crippen LogP contribution is -2.37. The lowest BCUT2D eigenvalue weighted by Gasteiger charge is -2.29. The lowest BCUT2D eigenvalue weighted by molar-refractivity contribution is 0.109. The van der Waals surface area contributed by atoms with E-state index in [1.54, 1.807) is 0 Å². The van der Waals surface area contributed by atoms with Crippen LogP contribution in [0.3, 0.4) is 0 Å². The molecule has 1 saturated carbocycles. The van der Waals surface area contributed by atoms with Crippen molar-refractivity contribution in [1.29, 1.82) is 0 Å². The molecule has 0 amide bonds. The Morgan fingerprint density at radius 2 is 2.00 bits per heavy atom. The van der Waals surface area contributed by atoms with Gasteiger partial charge in [0.2, 0.25) is 0 Å². The van der Waals surface area contributed by atoms with Crippen LogP contribution in [0.15, 0.2) is 30.3 Å².